The molecule has 2 rings (SSSR count). The van der Waals surface area contributed by atoms with Crippen molar-refractivity contribution in [2.75, 3.05) is 13.2 Å². The second kappa shape index (κ2) is 2.61. The van der Waals surface area contributed by atoms with Crippen molar-refractivity contribution in [3.05, 3.63) is 23.8 Å². The van der Waals surface area contributed by atoms with E-state index in [-0.39, 0.29) is 19.0 Å². The first-order chi connectivity index (χ1) is 6.15. The molecule has 0 amide bonds. The minimum atomic E-state index is -0.816. The van der Waals surface area contributed by atoms with Crippen LogP contribution in [0.5, 0.6) is 11.5 Å². The van der Waals surface area contributed by atoms with E-state index in [4.69, 9.17) is 20.7 Å². The third-order valence-corrected chi connectivity index (χ3v) is 2.27. The van der Waals surface area contributed by atoms with Crippen LogP contribution in [0, 0.1) is 0 Å². The molecule has 0 aromatic heterocycles. The zero-order valence-corrected chi connectivity index (χ0v) is 7.03. The Labute approximate surface area is 75.6 Å². The molecule has 4 heteroatoms. The van der Waals surface area contributed by atoms with Crippen molar-refractivity contribution in [2.24, 2.45) is 5.73 Å². The Morgan fingerprint density at radius 2 is 2.31 bits per heavy atom. The fourth-order valence-corrected chi connectivity index (χ4v) is 1.46. The van der Waals surface area contributed by atoms with Crippen LogP contribution in [0.1, 0.15) is 5.56 Å². The summed E-state index contributed by atoms with van der Waals surface area (Å²) in [5.41, 5.74) is 5.79. The summed E-state index contributed by atoms with van der Waals surface area (Å²) in [5.74, 6) is 0.692. The SMILES string of the molecule is NC1(CO)COc2cc(O)ccc21. The van der Waals surface area contributed by atoms with E-state index in [0.29, 0.717) is 5.75 Å². The van der Waals surface area contributed by atoms with Crippen LogP contribution in [0.4, 0.5) is 0 Å². The van der Waals surface area contributed by atoms with Crippen molar-refractivity contribution < 1.29 is 14.9 Å². The van der Waals surface area contributed by atoms with E-state index in [2.05, 4.69) is 0 Å². The first-order valence-electron chi connectivity index (χ1n) is 4.02. The molecule has 1 aliphatic heterocycles. The van der Waals surface area contributed by atoms with Gasteiger partial charge >= 0.3 is 0 Å². The van der Waals surface area contributed by atoms with Gasteiger partial charge in [-0.05, 0) is 12.1 Å². The van der Waals surface area contributed by atoms with Crippen LogP contribution in [-0.2, 0) is 5.54 Å². The summed E-state index contributed by atoms with van der Waals surface area (Å²) in [6.45, 7) is 0.0903. The number of hydrogen-bond acceptors (Lipinski definition) is 4. The van der Waals surface area contributed by atoms with Gasteiger partial charge in [0, 0.05) is 11.6 Å². The van der Waals surface area contributed by atoms with Crippen LogP contribution >= 0.6 is 0 Å². The molecular formula is C9H11NO3. The number of benzene rings is 1. The molecule has 1 heterocycles. The van der Waals surface area contributed by atoms with Crippen molar-refractivity contribution >= 4 is 0 Å². The Morgan fingerprint density at radius 1 is 1.54 bits per heavy atom. The van der Waals surface area contributed by atoms with Crippen molar-refractivity contribution in [1.82, 2.24) is 0 Å². The summed E-state index contributed by atoms with van der Waals surface area (Å²) in [6, 6.07) is 4.71. The number of nitrogens with two attached hydrogens (primary N) is 1. The third kappa shape index (κ3) is 1.15. The molecule has 0 fully saturated rings. The van der Waals surface area contributed by atoms with Gasteiger partial charge in [-0.3, -0.25) is 0 Å². The Morgan fingerprint density at radius 3 is 3.00 bits per heavy atom. The molecule has 0 aliphatic carbocycles. The van der Waals surface area contributed by atoms with E-state index in [9.17, 15) is 0 Å². The largest absolute Gasteiger partial charge is 0.508 e. The van der Waals surface area contributed by atoms with Gasteiger partial charge in [-0.2, -0.15) is 0 Å². The molecule has 1 unspecified atom stereocenters. The smallest absolute Gasteiger partial charge is 0.128 e. The first-order valence-corrected chi connectivity index (χ1v) is 4.02. The maximum absolute atomic E-state index is 9.16. The number of rotatable bonds is 1. The molecule has 4 nitrogen and oxygen atoms in total. The van der Waals surface area contributed by atoms with Gasteiger partial charge in [-0.15, -0.1) is 0 Å². The summed E-state index contributed by atoms with van der Waals surface area (Å²) in [5, 5.41) is 18.2. The minimum absolute atomic E-state index is 0.140. The summed E-state index contributed by atoms with van der Waals surface area (Å²) < 4.78 is 5.24. The standard InChI is InChI=1S/C9H11NO3/c10-9(4-11)5-13-8-3-6(12)1-2-7(8)9/h1-3,11-12H,4-5,10H2. The molecule has 1 aromatic carbocycles. The monoisotopic (exact) mass is 181 g/mol. The van der Waals surface area contributed by atoms with E-state index in [1.165, 1.54) is 12.1 Å². The summed E-state index contributed by atoms with van der Waals surface area (Å²) in [7, 11) is 0. The third-order valence-electron chi connectivity index (χ3n) is 2.27. The maximum atomic E-state index is 9.16. The lowest BCUT2D eigenvalue weighted by atomic mass is 9.94. The average Bonchev–Trinajstić information content (AvgIpc) is 2.45. The Kier molecular flexibility index (Phi) is 1.68. The lowest BCUT2D eigenvalue weighted by molar-refractivity contribution is 0.163. The van der Waals surface area contributed by atoms with Gasteiger partial charge in [0.05, 0.1) is 6.61 Å². The number of ether oxygens (including phenoxy) is 1. The Hall–Kier alpha value is -1.26. The van der Waals surface area contributed by atoms with Gasteiger partial charge in [0.2, 0.25) is 0 Å². The molecule has 0 spiro atoms. The molecule has 1 atom stereocenters. The van der Waals surface area contributed by atoms with Crippen molar-refractivity contribution in [3.8, 4) is 11.5 Å². The predicted octanol–water partition coefficient (Wildman–Crippen LogP) is -0.0691. The van der Waals surface area contributed by atoms with Crippen LogP contribution in [-0.4, -0.2) is 23.4 Å². The van der Waals surface area contributed by atoms with Crippen molar-refractivity contribution in [3.63, 3.8) is 0 Å². The molecule has 0 saturated carbocycles. The zero-order valence-electron chi connectivity index (χ0n) is 7.03. The summed E-state index contributed by atoms with van der Waals surface area (Å²) >= 11 is 0. The molecule has 4 N–H and O–H groups in total. The predicted molar refractivity (Wildman–Crippen MR) is 46.6 cm³/mol. The highest BCUT2D eigenvalue weighted by molar-refractivity contribution is 5.47. The van der Waals surface area contributed by atoms with E-state index >= 15 is 0 Å². The van der Waals surface area contributed by atoms with Crippen LogP contribution in [0.3, 0.4) is 0 Å². The number of aromatic hydroxyl groups is 1. The number of phenolic OH excluding ortho intramolecular Hbond substituents is 1. The molecule has 0 saturated heterocycles. The lowest BCUT2D eigenvalue weighted by Gasteiger charge is -2.18. The normalized spacial score (nSPS) is 25.4. The fourth-order valence-electron chi connectivity index (χ4n) is 1.46. The molecule has 1 aliphatic rings. The van der Waals surface area contributed by atoms with Crippen LogP contribution < -0.4 is 10.5 Å². The maximum Gasteiger partial charge on any atom is 0.128 e. The molecule has 0 radical (unpaired) electrons. The number of hydrogen-bond donors (Lipinski definition) is 3. The number of fused-ring (bicyclic) bond motifs is 1. The van der Waals surface area contributed by atoms with Crippen molar-refractivity contribution in [1.29, 1.82) is 0 Å². The first kappa shape index (κ1) is 8.34. The van der Waals surface area contributed by atoms with Crippen molar-refractivity contribution in [2.45, 2.75) is 5.54 Å². The van der Waals surface area contributed by atoms with E-state index in [1.54, 1.807) is 6.07 Å². The highest BCUT2D eigenvalue weighted by Crippen LogP contribution is 2.36. The van der Waals surface area contributed by atoms with E-state index in [0.717, 1.165) is 5.56 Å². The highest BCUT2D eigenvalue weighted by Gasteiger charge is 2.36. The lowest BCUT2D eigenvalue weighted by Crippen LogP contribution is -2.41. The average molecular weight is 181 g/mol. The molecular weight excluding hydrogens is 170 g/mol. The second-order valence-corrected chi connectivity index (χ2v) is 3.28. The van der Waals surface area contributed by atoms with E-state index < -0.39 is 5.54 Å². The number of phenols is 1. The minimum Gasteiger partial charge on any atom is -0.508 e. The van der Waals surface area contributed by atoms with Crippen LogP contribution in [0.2, 0.25) is 0 Å². The van der Waals surface area contributed by atoms with Gasteiger partial charge < -0.3 is 20.7 Å². The zero-order chi connectivity index (χ0) is 9.47. The Bertz CT molecular complexity index is 340. The topological polar surface area (TPSA) is 75.7 Å². The van der Waals surface area contributed by atoms with Gasteiger partial charge in [-0.1, -0.05) is 0 Å². The highest BCUT2D eigenvalue weighted by atomic mass is 16.5. The molecule has 13 heavy (non-hydrogen) atoms. The van der Waals surface area contributed by atoms with E-state index in [1.807, 2.05) is 0 Å². The summed E-state index contributed by atoms with van der Waals surface area (Å²) in [6.07, 6.45) is 0. The van der Waals surface area contributed by atoms with Gasteiger partial charge in [0.25, 0.3) is 0 Å². The second-order valence-electron chi connectivity index (χ2n) is 3.28. The fraction of sp³-hybridized carbons (Fsp3) is 0.333. The van der Waals surface area contributed by atoms with Crippen LogP contribution in [0.25, 0.3) is 0 Å². The van der Waals surface area contributed by atoms with Gasteiger partial charge in [0.1, 0.15) is 23.6 Å². The van der Waals surface area contributed by atoms with Gasteiger partial charge in [0.15, 0.2) is 0 Å². The quantitative estimate of drug-likeness (QED) is 0.567. The Balaban J connectivity index is 2.49. The number of aliphatic hydroxyl groups is 1. The van der Waals surface area contributed by atoms with Crippen LogP contribution in [0.15, 0.2) is 18.2 Å². The molecule has 70 valence electrons. The molecule has 0 bridgehead atoms. The summed E-state index contributed by atoms with van der Waals surface area (Å²) in [4.78, 5) is 0. The van der Waals surface area contributed by atoms with Gasteiger partial charge in [-0.25, -0.2) is 0 Å². The molecule has 1 aromatic rings. The number of aliphatic hydroxyl groups excluding tert-OH is 1.